The number of hydrogen-bond donors (Lipinski definition) is 2. The molecule has 1 aliphatic rings. The van der Waals surface area contributed by atoms with Crippen LogP contribution in [0.2, 0.25) is 0 Å². The first-order chi connectivity index (χ1) is 8.58. The molecule has 18 heavy (non-hydrogen) atoms. The Kier molecular flexibility index (Phi) is 4.02. The summed E-state index contributed by atoms with van der Waals surface area (Å²) in [7, 11) is 0. The molecule has 3 nitrogen and oxygen atoms in total. The zero-order valence-corrected chi connectivity index (χ0v) is 11.3. The molecule has 0 aliphatic heterocycles. The summed E-state index contributed by atoms with van der Waals surface area (Å²) in [6.45, 7) is 6.53. The second-order valence-electron chi connectivity index (χ2n) is 5.54. The lowest BCUT2D eigenvalue weighted by Crippen LogP contribution is -2.33. The Morgan fingerprint density at radius 3 is 2.61 bits per heavy atom. The van der Waals surface area contributed by atoms with Gasteiger partial charge in [-0.25, -0.2) is 0 Å². The Bertz CT molecular complexity index is 422. The van der Waals surface area contributed by atoms with Crippen molar-refractivity contribution in [1.82, 2.24) is 4.90 Å². The molecule has 0 heterocycles. The first kappa shape index (κ1) is 13.1. The molecule has 1 aromatic carbocycles. The van der Waals surface area contributed by atoms with E-state index in [-0.39, 0.29) is 5.84 Å². The van der Waals surface area contributed by atoms with E-state index in [1.165, 1.54) is 24.9 Å². The van der Waals surface area contributed by atoms with E-state index in [9.17, 15) is 0 Å². The summed E-state index contributed by atoms with van der Waals surface area (Å²) < 4.78 is 0. The highest BCUT2D eigenvalue weighted by atomic mass is 15.1. The fourth-order valence-corrected chi connectivity index (χ4v) is 2.23. The Balaban J connectivity index is 2.12. The predicted octanol–water partition coefficient (Wildman–Crippen LogP) is 2.59. The summed E-state index contributed by atoms with van der Waals surface area (Å²) in [5.41, 5.74) is 7.68. The third-order valence-corrected chi connectivity index (χ3v) is 3.60. The molecule has 1 fully saturated rings. The molecule has 1 saturated carbocycles. The second-order valence-corrected chi connectivity index (χ2v) is 5.54. The highest BCUT2D eigenvalue weighted by Gasteiger charge is 2.25. The Labute approximate surface area is 109 Å². The van der Waals surface area contributed by atoms with Crippen LogP contribution < -0.4 is 5.73 Å². The van der Waals surface area contributed by atoms with E-state index >= 15 is 0 Å². The van der Waals surface area contributed by atoms with Crippen LogP contribution in [0.25, 0.3) is 0 Å². The van der Waals surface area contributed by atoms with Gasteiger partial charge in [-0.1, -0.05) is 24.3 Å². The maximum absolute atomic E-state index is 7.64. The fourth-order valence-electron chi connectivity index (χ4n) is 2.23. The van der Waals surface area contributed by atoms with E-state index in [2.05, 4.69) is 24.8 Å². The highest BCUT2D eigenvalue weighted by molar-refractivity contribution is 5.96. The zero-order valence-electron chi connectivity index (χ0n) is 11.3. The molecule has 0 spiro atoms. The normalized spacial score (nSPS) is 15.3. The van der Waals surface area contributed by atoms with Crippen molar-refractivity contribution in [1.29, 1.82) is 5.41 Å². The topological polar surface area (TPSA) is 53.1 Å². The van der Waals surface area contributed by atoms with Crippen molar-refractivity contribution in [2.45, 2.75) is 39.3 Å². The third kappa shape index (κ3) is 3.33. The number of nitrogen functional groups attached to an aromatic ring is 1. The smallest absolute Gasteiger partial charge is 0.123 e. The molecule has 0 aromatic heterocycles. The minimum Gasteiger partial charge on any atom is -0.384 e. The van der Waals surface area contributed by atoms with E-state index in [1.54, 1.807) is 0 Å². The molecule has 3 heteroatoms. The van der Waals surface area contributed by atoms with Gasteiger partial charge in [0.1, 0.15) is 5.84 Å². The maximum Gasteiger partial charge on any atom is 0.123 e. The second kappa shape index (κ2) is 5.53. The summed E-state index contributed by atoms with van der Waals surface area (Å²) >= 11 is 0. The molecular weight excluding hydrogens is 222 g/mol. The summed E-state index contributed by atoms with van der Waals surface area (Å²) in [5, 5.41) is 7.64. The third-order valence-electron chi connectivity index (χ3n) is 3.60. The summed E-state index contributed by atoms with van der Waals surface area (Å²) in [5.74, 6) is 1.05. The lowest BCUT2D eigenvalue weighted by molar-refractivity contribution is 0.203. The molecule has 3 N–H and O–H groups in total. The highest BCUT2D eigenvalue weighted by Crippen LogP contribution is 2.31. The zero-order chi connectivity index (χ0) is 13.1. The van der Waals surface area contributed by atoms with Crippen molar-refractivity contribution < 1.29 is 0 Å². The van der Waals surface area contributed by atoms with Crippen molar-refractivity contribution in [3.63, 3.8) is 0 Å². The van der Waals surface area contributed by atoms with E-state index in [4.69, 9.17) is 11.1 Å². The van der Waals surface area contributed by atoms with Crippen LogP contribution >= 0.6 is 0 Å². The number of hydrogen-bond acceptors (Lipinski definition) is 2. The predicted molar refractivity (Wildman–Crippen MR) is 75.7 cm³/mol. The molecule has 1 aromatic rings. The van der Waals surface area contributed by atoms with Crippen LogP contribution in [-0.2, 0) is 6.54 Å². The lowest BCUT2D eigenvalue weighted by Gasteiger charge is -2.27. The van der Waals surface area contributed by atoms with E-state index in [0.29, 0.717) is 6.04 Å². The molecule has 0 unspecified atom stereocenters. The molecule has 2 rings (SSSR count). The van der Waals surface area contributed by atoms with Gasteiger partial charge in [-0.15, -0.1) is 0 Å². The lowest BCUT2D eigenvalue weighted by atomic mass is 10.1. The van der Waals surface area contributed by atoms with Gasteiger partial charge in [0.2, 0.25) is 0 Å². The van der Waals surface area contributed by atoms with Gasteiger partial charge in [0.05, 0.1) is 0 Å². The van der Waals surface area contributed by atoms with Crippen molar-refractivity contribution in [3.05, 3.63) is 35.4 Å². The van der Waals surface area contributed by atoms with Gasteiger partial charge < -0.3 is 5.73 Å². The van der Waals surface area contributed by atoms with Gasteiger partial charge in [0, 0.05) is 24.7 Å². The Morgan fingerprint density at radius 1 is 1.39 bits per heavy atom. The summed E-state index contributed by atoms with van der Waals surface area (Å²) in [6, 6.07) is 8.52. The van der Waals surface area contributed by atoms with Gasteiger partial charge >= 0.3 is 0 Å². The van der Waals surface area contributed by atoms with Crippen molar-refractivity contribution >= 4 is 5.84 Å². The largest absolute Gasteiger partial charge is 0.384 e. The van der Waals surface area contributed by atoms with Gasteiger partial charge in [-0.05, 0) is 38.2 Å². The van der Waals surface area contributed by atoms with E-state index in [0.717, 1.165) is 18.0 Å². The number of benzene rings is 1. The van der Waals surface area contributed by atoms with Gasteiger partial charge in [-0.2, -0.15) is 0 Å². The van der Waals surface area contributed by atoms with Crippen LogP contribution in [0.4, 0.5) is 0 Å². The molecule has 0 radical (unpaired) electrons. The first-order valence-corrected chi connectivity index (χ1v) is 6.74. The number of nitrogens with zero attached hydrogens (tertiary/aromatic N) is 1. The number of nitrogens with two attached hydrogens (primary N) is 1. The maximum atomic E-state index is 7.64. The minimum absolute atomic E-state index is 0.167. The fraction of sp³-hybridized carbons (Fsp3) is 0.533. The summed E-state index contributed by atoms with van der Waals surface area (Å²) in [6.07, 6.45) is 2.75. The van der Waals surface area contributed by atoms with Crippen molar-refractivity contribution in [2.24, 2.45) is 11.7 Å². The van der Waals surface area contributed by atoms with Gasteiger partial charge in [0.25, 0.3) is 0 Å². The van der Waals surface area contributed by atoms with Crippen LogP contribution in [0.3, 0.4) is 0 Å². The molecular formula is C15H23N3. The molecule has 98 valence electrons. The van der Waals surface area contributed by atoms with Crippen molar-refractivity contribution in [3.8, 4) is 0 Å². The van der Waals surface area contributed by atoms with E-state index in [1.807, 2.05) is 18.2 Å². The Hall–Kier alpha value is -1.35. The molecule has 0 saturated heterocycles. The van der Waals surface area contributed by atoms with Gasteiger partial charge in [0.15, 0.2) is 0 Å². The van der Waals surface area contributed by atoms with Crippen LogP contribution in [0, 0.1) is 11.3 Å². The van der Waals surface area contributed by atoms with E-state index < -0.39 is 0 Å². The molecule has 1 aliphatic carbocycles. The van der Waals surface area contributed by atoms with Crippen LogP contribution in [0.15, 0.2) is 24.3 Å². The van der Waals surface area contributed by atoms with Crippen LogP contribution in [0.1, 0.15) is 37.8 Å². The monoisotopic (exact) mass is 245 g/mol. The number of amidine groups is 1. The molecule has 0 amide bonds. The standard InChI is InChI=1S/C15H23N3/c1-11(2)18(9-12-7-8-12)10-13-5-3-4-6-14(13)15(16)17/h3-6,11-12H,7-10H2,1-2H3,(H3,16,17). The Morgan fingerprint density at radius 2 is 2.06 bits per heavy atom. The molecule has 0 atom stereocenters. The molecule has 0 bridgehead atoms. The van der Waals surface area contributed by atoms with Crippen LogP contribution in [0.5, 0.6) is 0 Å². The first-order valence-electron chi connectivity index (χ1n) is 6.74. The number of nitrogens with one attached hydrogen (secondary N) is 1. The van der Waals surface area contributed by atoms with Crippen LogP contribution in [-0.4, -0.2) is 23.3 Å². The quantitative estimate of drug-likeness (QED) is 0.598. The average Bonchev–Trinajstić information content (AvgIpc) is 3.12. The minimum atomic E-state index is 0.167. The van der Waals surface area contributed by atoms with Crippen molar-refractivity contribution in [2.75, 3.05) is 6.54 Å². The number of rotatable bonds is 6. The summed E-state index contributed by atoms with van der Waals surface area (Å²) in [4.78, 5) is 2.49. The van der Waals surface area contributed by atoms with Gasteiger partial charge in [-0.3, -0.25) is 10.3 Å². The average molecular weight is 245 g/mol. The SMILES string of the molecule is CC(C)N(Cc1ccccc1C(=N)N)CC1CC1.